The first-order chi connectivity index (χ1) is 13.0. The lowest BCUT2D eigenvalue weighted by atomic mass is 10.0. The van der Waals surface area contributed by atoms with E-state index in [-0.39, 0.29) is 12.1 Å². The average molecular weight is 368 g/mol. The highest BCUT2D eigenvalue weighted by molar-refractivity contribution is 5.67. The summed E-state index contributed by atoms with van der Waals surface area (Å²) in [6, 6.07) is 14.1. The van der Waals surface area contributed by atoms with Gasteiger partial charge in [0.25, 0.3) is 0 Å². The van der Waals surface area contributed by atoms with Gasteiger partial charge in [0.1, 0.15) is 12.4 Å². The predicted molar refractivity (Wildman–Crippen MR) is 108 cm³/mol. The van der Waals surface area contributed by atoms with E-state index in [1.54, 1.807) is 4.90 Å². The molecule has 6 heteroatoms. The van der Waals surface area contributed by atoms with Crippen LogP contribution in [0.4, 0.5) is 16.3 Å². The largest absolute Gasteiger partial charge is 0.445 e. The molecule has 6 nitrogen and oxygen atoms in total. The molecule has 1 aromatic heterocycles. The fourth-order valence-electron chi connectivity index (χ4n) is 3.33. The highest BCUT2D eigenvalue weighted by atomic mass is 16.6. The highest BCUT2D eigenvalue weighted by Gasteiger charge is 2.26. The fraction of sp³-hybridized carbons (Fsp3) is 0.429. The van der Waals surface area contributed by atoms with Gasteiger partial charge in [-0.05, 0) is 24.5 Å². The highest BCUT2D eigenvalue weighted by Crippen LogP contribution is 2.24. The first-order valence-corrected chi connectivity index (χ1v) is 9.36. The molecule has 2 heterocycles. The fourth-order valence-corrected chi connectivity index (χ4v) is 3.33. The van der Waals surface area contributed by atoms with Gasteiger partial charge in [-0.3, -0.25) is 0 Å². The number of hydrogen-bond donors (Lipinski definition) is 0. The molecule has 3 rings (SSSR count). The van der Waals surface area contributed by atoms with Gasteiger partial charge < -0.3 is 19.4 Å². The van der Waals surface area contributed by atoms with Crippen molar-refractivity contribution in [2.75, 3.05) is 44.0 Å². The van der Waals surface area contributed by atoms with Gasteiger partial charge in [0.15, 0.2) is 0 Å². The van der Waals surface area contributed by atoms with Crippen molar-refractivity contribution in [2.24, 2.45) is 0 Å². The van der Waals surface area contributed by atoms with E-state index < -0.39 is 0 Å². The second kappa shape index (κ2) is 8.75. The Balaban J connectivity index is 1.50. The van der Waals surface area contributed by atoms with Crippen molar-refractivity contribution in [1.82, 2.24) is 9.88 Å². The van der Waals surface area contributed by atoms with Crippen LogP contribution in [0.25, 0.3) is 0 Å². The molecule has 0 bridgehead atoms. The summed E-state index contributed by atoms with van der Waals surface area (Å²) in [5, 5.41) is 0. The Morgan fingerprint density at radius 3 is 2.52 bits per heavy atom. The SMILES string of the molecule is CN(C)c1cc(N2CCC(N(C)C(=O)OCc3ccccc3)CC2)ccn1. The van der Waals surface area contributed by atoms with Crippen molar-refractivity contribution < 1.29 is 9.53 Å². The first-order valence-electron chi connectivity index (χ1n) is 9.36. The molecule has 27 heavy (non-hydrogen) atoms. The monoisotopic (exact) mass is 368 g/mol. The zero-order chi connectivity index (χ0) is 19.2. The number of hydrogen-bond acceptors (Lipinski definition) is 5. The summed E-state index contributed by atoms with van der Waals surface area (Å²) in [5.74, 6) is 0.955. The molecule has 144 valence electrons. The molecule has 0 saturated carbocycles. The van der Waals surface area contributed by atoms with E-state index in [2.05, 4.69) is 16.0 Å². The smallest absolute Gasteiger partial charge is 0.410 e. The van der Waals surface area contributed by atoms with E-state index in [1.165, 1.54) is 5.69 Å². The van der Waals surface area contributed by atoms with Crippen molar-refractivity contribution >= 4 is 17.6 Å². The summed E-state index contributed by atoms with van der Waals surface area (Å²) in [7, 11) is 5.83. The Bertz CT molecular complexity index is 743. The van der Waals surface area contributed by atoms with Crippen LogP contribution < -0.4 is 9.80 Å². The second-order valence-corrected chi connectivity index (χ2v) is 7.14. The van der Waals surface area contributed by atoms with Crippen LogP contribution in [0, 0.1) is 0 Å². The van der Waals surface area contributed by atoms with Crippen LogP contribution in [0.2, 0.25) is 0 Å². The minimum Gasteiger partial charge on any atom is -0.445 e. The minimum atomic E-state index is -0.254. The van der Waals surface area contributed by atoms with Crippen LogP contribution in [0.5, 0.6) is 0 Å². The van der Waals surface area contributed by atoms with Gasteiger partial charge in [0, 0.05) is 58.2 Å². The van der Waals surface area contributed by atoms with Gasteiger partial charge >= 0.3 is 6.09 Å². The quantitative estimate of drug-likeness (QED) is 0.810. The Morgan fingerprint density at radius 1 is 1.15 bits per heavy atom. The number of carbonyl (C=O) groups is 1. The summed E-state index contributed by atoms with van der Waals surface area (Å²) in [5.41, 5.74) is 2.19. The van der Waals surface area contributed by atoms with Gasteiger partial charge in [-0.25, -0.2) is 9.78 Å². The van der Waals surface area contributed by atoms with Gasteiger partial charge in [-0.2, -0.15) is 0 Å². The summed E-state index contributed by atoms with van der Waals surface area (Å²) in [6.45, 7) is 2.14. The van der Waals surface area contributed by atoms with Crippen molar-refractivity contribution in [2.45, 2.75) is 25.5 Å². The Morgan fingerprint density at radius 2 is 1.85 bits per heavy atom. The average Bonchev–Trinajstić information content (AvgIpc) is 2.72. The molecular weight excluding hydrogens is 340 g/mol. The zero-order valence-electron chi connectivity index (χ0n) is 16.3. The number of benzene rings is 1. The van der Waals surface area contributed by atoms with E-state index in [0.717, 1.165) is 37.3 Å². The standard InChI is InChI=1S/C21H28N4O2/c1-23(2)20-15-19(9-12-22-20)25-13-10-18(11-14-25)24(3)21(26)27-16-17-7-5-4-6-8-17/h4-9,12,15,18H,10-11,13-14,16H2,1-3H3. The third-order valence-corrected chi connectivity index (χ3v) is 5.06. The number of ether oxygens (including phenoxy) is 1. The predicted octanol–water partition coefficient (Wildman–Crippen LogP) is 3.39. The van der Waals surface area contributed by atoms with Crippen molar-refractivity contribution in [3.05, 3.63) is 54.2 Å². The molecule has 1 amide bonds. The van der Waals surface area contributed by atoms with Gasteiger partial charge in [-0.15, -0.1) is 0 Å². The van der Waals surface area contributed by atoms with Crippen LogP contribution in [0.3, 0.4) is 0 Å². The molecule has 1 saturated heterocycles. The maximum atomic E-state index is 12.4. The molecular formula is C21H28N4O2. The van der Waals surface area contributed by atoms with Crippen LogP contribution >= 0.6 is 0 Å². The Kier molecular flexibility index (Phi) is 6.16. The topological polar surface area (TPSA) is 48.9 Å². The van der Waals surface area contributed by atoms with Crippen LogP contribution in [0.1, 0.15) is 18.4 Å². The molecule has 1 aromatic carbocycles. The summed E-state index contributed by atoms with van der Waals surface area (Å²) < 4.78 is 5.46. The van der Waals surface area contributed by atoms with Crippen LogP contribution in [0.15, 0.2) is 48.7 Å². The van der Waals surface area contributed by atoms with E-state index in [1.807, 2.05) is 68.6 Å². The normalized spacial score (nSPS) is 14.7. The summed E-state index contributed by atoms with van der Waals surface area (Å²) in [6.07, 6.45) is 3.45. The lowest BCUT2D eigenvalue weighted by molar-refractivity contribution is 0.0862. The lowest BCUT2D eigenvalue weighted by Gasteiger charge is -2.37. The number of rotatable bonds is 5. The van der Waals surface area contributed by atoms with Crippen LogP contribution in [-0.2, 0) is 11.3 Å². The molecule has 0 aliphatic carbocycles. The number of aromatic nitrogens is 1. The number of piperidine rings is 1. The maximum absolute atomic E-state index is 12.4. The van der Waals surface area contributed by atoms with Crippen molar-refractivity contribution in [1.29, 1.82) is 0 Å². The van der Waals surface area contributed by atoms with Crippen molar-refractivity contribution in [3.63, 3.8) is 0 Å². The lowest BCUT2D eigenvalue weighted by Crippen LogP contribution is -2.45. The number of anilines is 2. The first kappa shape index (κ1) is 19.0. The molecule has 1 fully saturated rings. The second-order valence-electron chi connectivity index (χ2n) is 7.14. The molecule has 1 aliphatic heterocycles. The molecule has 0 radical (unpaired) electrons. The molecule has 1 aliphatic rings. The number of nitrogens with zero attached hydrogens (tertiary/aromatic N) is 4. The molecule has 0 N–H and O–H groups in total. The Labute approximate surface area is 161 Å². The summed E-state index contributed by atoms with van der Waals surface area (Å²) in [4.78, 5) is 22.8. The van der Waals surface area contributed by atoms with Gasteiger partial charge in [0.2, 0.25) is 0 Å². The van der Waals surface area contributed by atoms with Crippen LogP contribution in [-0.4, -0.2) is 56.3 Å². The Hall–Kier alpha value is -2.76. The number of carbonyl (C=O) groups excluding carboxylic acids is 1. The maximum Gasteiger partial charge on any atom is 0.410 e. The third-order valence-electron chi connectivity index (χ3n) is 5.06. The molecule has 0 unspecified atom stereocenters. The minimum absolute atomic E-state index is 0.208. The summed E-state index contributed by atoms with van der Waals surface area (Å²) >= 11 is 0. The zero-order valence-corrected chi connectivity index (χ0v) is 16.3. The van der Waals surface area contributed by atoms with E-state index in [9.17, 15) is 4.79 Å². The molecule has 2 aromatic rings. The van der Waals surface area contributed by atoms with E-state index >= 15 is 0 Å². The van der Waals surface area contributed by atoms with Crippen molar-refractivity contribution in [3.8, 4) is 0 Å². The number of amides is 1. The van der Waals surface area contributed by atoms with E-state index in [4.69, 9.17) is 4.74 Å². The third kappa shape index (κ3) is 4.90. The molecule has 0 spiro atoms. The number of pyridine rings is 1. The molecule has 0 atom stereocenters. The van der Waals surface area contributed by atoms with Gasteiger partial charge in [0.05, 0.1) is 0 Å². The van der Waals surface area contributed by atoms with Gasteiger partial charge in [-0.1, -0.05) is 30.3 Å². The van der Waals surface area contributed by atoms with E-state index in [0.29, 0.717) is 6.61 Å².